The molecule has 0 bridgehead atoms. The molecule has 0 aliphatic carbocycles. The first-order valence-electron chi connectivity index (χ1n) is 8.73. The third-order valence-electron chi connectivity index (χ3n) is 4.00. The largest absolute Gasteiger partial charge is 0.491 e. The summed E-state index contributed by atoms with van der Waals surface area (Å²) < 4.78 is 12.3. The molecule has 0 fully saturated rings. The van der Waals surface area contributed by atoms with Gasteiger partial charge in [0.05, 0.1) is 18.0 Å². The highest BCUT2D eigenvalue weighted by molar-refractivity contribution is 6.04. The fraction of sp³-hybridized carbons (Fsp3) is 0.238. The third kappa shape index (κ3) is 4.74. The lowest BCUT2D eigenvalue weighted by molar-refractivity contribution is 0.102. The molecule has 6 nitrogen and oxygen atoms in total. The molecule has 6 heteroatoms. The zero-order chi connectivity index (χ0) is 19.2. The van der Waals surface area contributed by atoms with Crippen LogP contribution in [0.5, 0.6) is 5.75 Å². The molecule has 1 aromatic heterocycles. The van der Waals surface area contributed by atoms with Crippen molar-refractivity contribution in [3.63, 3.8) is 0 Å². The Morgan fingerprint density at radius 1 is 1.07 bits per heavy atom. The quantitative estimate of drug-likeness (QED) is 0.648. The van der Waals surface area contributed by atoms with E-state index < -0.39 is 0 Å². The molecular weight excluding hydrogens is 342 g/mol. The van der Waals surface area contributed by atoms with Gasteiger partial charge in [-0.25, -0.2) is 4.68 Å². The van der Waals surface area contributed by atoms with Crippen molar-refractivity contribution in [2.45, 2.75) is 13.8 Å². The zero-order valence-electron chi connectivity index (χ0n) is 15.7. The molecule has 3 aromatic rings. The maximum atomic E-state index is 12.7. The highest BCUT2D eigenvalue weighted by Gasteiger charge is 2.13. The first-order chi connectivity index (χ1) is 13.1. The number of carbonyl (C=O) groups is 1. The maximum Gasteiger partial charge on any atom is 0.256 e. The van der Waals surface area contributed by atoms with Gasteiger partial charge in [-0.05, 0) is 44.2 Å². The van der Waals surface area contributed by atoms with Crippen LogP contribution in [0.2, 0.25) is 0 Å². The predicted octanol–water partition coefficient (Wildman–Crippen LogP) is 3.77. The fourth-order valence-electron chi connectivity index (χ4n) is 2.63. The smallest absolute Gasteiger partial charge is 0.256 e. The molecule has 2 aromatic carbocycles. The molecule has 0 unspecified atom stereocenters. The molecule has 3 rings (SSSR count). The van der Waals surface area contributed by atoms with Crippen LogP contribution in [-0.2, 0) is 4.74 Å². The molecule has 0 atom stereocenters. The minimum Gasteiger partial charge on any atom is -0.491 e. The van der Waals surface area contributed by atoms with E-state index in [0.29, 0.717) is 30.3 Å². The standard InChI is InChI=1S/C21H23N3O3/c1-15-7-9-18(10-8-15)24-20(13-16(2)23-24)22-21(25)17-5-4-6-19(14-17)27-12-11-26-3/h4-10,13-14H,11-12H2,1-3H3,(H,22,25). The van der Waals surface area contributed by atoms with Gasteiger partial charge in [0.2, 0.25) is 0 Å². The summed E-state index contributed by atoms with van der Waals surface area (Å²) in [6, 6.07) is 16.9. The highest BCUT2D eigenvalue weighted by Crippen LogP contribution is 2.20. The SMILES string of the molecule is COCCOc1cccc(C(=O)Nc2cc(C)nn2-c2ccc(C)cc2)c1. The van der Waals surface area contributed by atoms with Gasteiger partial charge in [0.15, 0.2) is 0 Å². The summed E-state index contributed by atoms with van der Waals surface area (Å²) in [5.74, 6) is 1.02. The predicted molar refractivity (Wildman–Crippen MR) is 105 cm³/mol. The highest BCUT2D eigenvalue weighted by atomic mass is 16.5. The average molecular weight is 365 g/mol. The molecular formula is C21H23N3O3. The summed E-state index contributed by atoms with van der Waals surface area (Å²) in [5, 5.41) is 7.42. The van der Waals surface area contributed by atoms with Gasteiger partial charge in [0, 0.05) is 18.7 Å². The number of methoxy groups -OCH3 is 1. The first-order valence-corrected chi connectivity index (χ1v) is 8.73. The second kappa shape index (κ2) is 8.51. The Hall–Kier alpha value is -3.12. The number of hydrogen-bond donors (Lipinski definition) is 1. The van der Waals surface area contributed by atoms with Crippen LogP contribution in [0.1, 0.15) is 21.6 Å². The van der Waals surface area contributed by atoms with Crippen molar-refractivity contribution >= 4 is 11.7 Å². The van der Waals surface area contributed by atoms with Crippen molar-refractivity contribution in [1.82, 2.24) is 9.78 Å². The Labute approximate surface area is 158 Å². The van der Waals surface area contributed by atoms with Crippen molar-refractivity contribution in [3.05, 3.63) is 71.4 Å². The van der Waals surface area contributed by atoms with E-state index in [1.165, 1.54) is 5.56 Å². The molecule has 0 saturated carbocycles. The second-order valence-electron chi connectivity index (χ2n) is 6.24. The summed E-state index contributed by atoms with van der Waals surface area (Å²) in [5.41, 5.74) is 3.39. The minimum absolute atomic E-state index is 0.222. The summed E-state index contributed by atoms with van der Waals surface area (Å²) >= 11 is 0. The summed E-state index contributed by atoms with van der Waals surface area (Å²) in [4.78, 5) is 12.7. The molecule has 0 aliphatic rings. The Balaban J connectivity index is 1.78. The Morgan fingerprint density at radius 3 is 2.59 bits per heavy atom. The molecule has 140 valence electrons. The van der Waals surface area contributed by atoms with Gasteiger partial charge < -0.3 is 14.8 Å². The van der Waals surface area contributed by atoms with Crippen LogP contribution in [-0.4, -0.2) is 36.0 Å². The van der Waals surface area contributed by atoms with Crippen LogP contribution in [0.15, 0.2) is 54.6 Å². The van der Waals surface area contributed by atoms with Crippen molar-refractivity contribution in [1.29, 1.82) is 0 Å². The Bertz CT molecular complexity index is 917. The van der Waals surface area contributed by atoms with Crippen LogP contribution < -0.4 is 10.1 Å². The lowest BCUT2D eigenvalue weighted by Crippen LogP contribution is -2.15. The van der Waals surface area contributed by atoms with Crippen LogP contribution in [0, 0.1) is 13.8 Å². The van der Waals surface area contributed by atoms with E-state index in [2.05, 4.69) is 10.4 Å². The van der Waals surface area contributed by atoms with Crippen molar-refractivity contribution < 1.29 is 14.3 Å². The van der Waals surface area contributed by atoms with Crippen LogP contribution in [0.3, 0.4) is 0 Å². The van der Waals surface area contributed by atoms with Crippen molar-refractivity contribution in [3.8, 4) is 11.4 Å². The van der Waals surface area contributed by atoms with Gasteiger partial charge in [-0.15, -0.1) is 0 Å². The number of hydrogen-bond acceptors (Lipinski definition) is 4. The first kappa shape index (κ1) is 18.7. The molecule has 0 radical (unpaired) electrons. The number of amides is 1. The minimum atomic E-state index is -0.222. The van der Waals surface area contributed by atoms with E-state index in [-0.39, 0.29) is 5.91 Å². The lowest BCUT2D eigenvalue weighted by atomic mass is 10.2. The van der Waals surface area contributed by atoms with Gasteiger partial charge in [0.1, 0.15) is 18.2 Å². The van der Waals surface area contributed by atoms with Crippen molar-refractivity contribution in [2.75, 3.05) is 25.6 Å². The Morgan fingerprint density at radius 2 is 1.85 bits per heavy atom. The number of benzene rings is 2. The number of aryl methyl sites for hydroxylation is 2. The van der Waals surface area contributed by atoms with Crippen LogP contribution in [0.4, 0.5) is 5.82 Å². The summed E-state index contributed by atoms with van der Waals surface area (Å²) in [6.45, 7) is 4.85. The number of aromatic nitrogens is 2. The molecule has 1 N–H and O–H groups in total. The van der Waals surface area contributed by atoms with Crippen LogP contribution in [0.25, 0.3) is 5.69 Å². The normalized spacial score (nSPS) is 10.6. The van der Waals surface area contributed by atoms with E-state index in [0.717, 1.165) is 11.4 Å². The van der Waals surface area contributed by atoms with Crippen LogP contribution >= 0.6 is 0 Å². The van der Waals surface area contributed by atoms with Gasteiger partial charge in [-0.3, -0.25) is 4.79 Å². The second-order valence-corrected chi connectivity index (χ2v) is 6.24. The third-order valence-corrected chi connectivity index (χ3v) is 4.00. The monoisotopic (exact) mass is 365 g/mol. The van der Waals surface area contributed by atoms with Gasteiger partial charge in [-0.1, -0.05) is 23.8 Å². The number of rotatable bonds is 7. The van der Waals surface area contributed by atoms with E-state index in [1.54, 1.807) is 30.0 Å². The molecule has 0 spiro atoms. The van der Waals surface area contributed by atoms with E-state index in [1.807, 2.05) is 50.2 Å². The topological polar surface area (TPSA) is 65.4 Å². The van der Waals surface area contributed by atoms with Crippen molar-refractivity contribution in [2.24, 2.45) is 0 Å². The number of ether oxygens (including phenoxy) is 2. The van der Waals surface area contributed by atoms with E-state index in [9.17, 15) is 4.79 Å². The molecule has 0 aliphatic heterocycles. The van der Waals surface area contributed by atoms with Gasteiger partial charge in [0.25, 0.3) is 5.91 Å². The zero-order valence-corrected chi connectivity index (χ0v) is 15.7. The number of anilines is 1. The maximum absolute atomic E-state index is 12.7. The summed E-state index contributed by atoms with van der Waals surface area (Å²) in [6.07, 6.45) is 0. The average Bonchev–Trinajstić information content (AvgIpc) is 3.03. The summed E-state index contributed by atoms with van der Waals surface area (Å²) in [7, 11) is 1.62. The van der Waals surface area contributed by atoms with Gasteiger partial charge >= 0.3 is 0 Å². The molecule has 27 heavy (non-hydrogen) atoms. The molecule has 0 saturated heterocycles. The lowest BCUT2D eigenvalue weighted by Gasteiger charge is -2.10. The van der Waals surface area contributed by atoms with E-state index >= 15 is 0 Å². The molecule has 1 amide bonds. The molecule has 1 heterocycles. The Kier molecular flexibility index (Phi) is 5.88. The fourth-order valence-corrected chi connectivity index (χ4v) is 2.63. The number of nitrogens with one attached hydrogen (secondary N) is 1. The van der Waals surface area contributed by atoms with E-state index in [4.69, 9.17) is 9.47 Å². The number of nitrogens with zero attached hydrogens (tertiary/aromatic N) is 2. The van der Waals surface area contributed by atoms with Gasteiger partial charge in [-0.2, -0.15) is 5.10 Å². The number of carbonyl (C=O) groups excluding carboxylic acids is 1.